The molecule has 2 N–H and O–H groups in total. The molecule has 5 rings (SSSR count). The van der Waals surface area contributed by atoms with Gasteiger partial charge >= 0.3 is 11.9 Å². The lowest BCUT2D eigenvalue weighted by molar-refractivity contribution is -0.356. The molecule has 0 unspecified atom stereocenters. The van der Waals surface area contributed by atoms with Crippen molar-refractivity contribution in [3.8, 4) is 0 Å². The normalized spacial score (nSPS) is 42.7. The molecule has 2 bridgehead atoms. The number of carbonyl (C=O) groups excluding carboxylic acids is 3. The second-order valence-corrected chi connectivity index (χ2v) is 12.1. The van der Waals surface area contributed by atoms with Crippen LogP contribution in [0.5, 0.6) is 0 Å². The number of hydrogen-bond donors (Lipinski definition) is 2. The maximum absolute atomic E-state index is 16.5. The van der Waals surface area contributed by atoms with Crippen LogP contribution < -0.4 is 0 Å². The zero-order valence-corrected chi connectivity index (χ0v) is 22.6. The SMILES string of the molecule is CC(=O)O[C@@]12CO[C@@H]1C[C@@H](F)[C@]1(C)[C@@H]2[C@H](OC(=O)c2ccccc2)[C@]2(O)CC(=O)C(C)=C([C@H](F)[C@@H]1O)C2(C)C. The fourth-order valence-corrected chi connectivity index (χ4v) is 7.59. The van der Waals surface area contributed by atoms with Gasteiger partial charge in [0.2, 0.25) is 0 Å². The summed E-state index contributed by atoms with van der Waals surface area (Å²) in [7, 11) is 0. The van der Waals surface area contributed by atoms with E-state index in [9.17, 15) is 24.6 Å². The van der Waals surface area contributed by atoms with Crippen LogP contribution in [-0.4, -0.2) is 76.4 Å². The average Bonchev–Trinajstić information content (AvgIpc) is 2.87. The zero-order valence-electron chi connectivity index (χ0n) is 22.6. The topological polar surface area (TPSA) is 119 Å². The summed E-state index contributed by atoms with van der Waals surface area (Å²) in [4.78, 5) is 39.1. The van der Waals surface area contributed by atoms with Gasteiger partial charge in [0.15, 0.2) is 11.4 Å². The molecule has 0 radical (unpaired) electrons. The van der Waals surface area contributed by atoms with E-state index in [1.54, 1.807) is 18.2 Å². The van der Waals surface area contributed by atoms with Gasteiger partial charge in [-0.1, -0.05) is 39.0 Å². The second-order valence-electron chi connectivity index (χ2n) is 12.1. The first-order valence-corrected chi connectivity index (χ1v) is 13.1. The van der Waals surface area contributed by atoms with Gasteiger partial charge in [0.25, 0.3) is 0 Å². The van der Waals surface area contributed by atoms with E-state index in [-0.39, 0.29) is 29.7 Å². The Hall–Kier alpha value is -2.69. The lowest BCUT2D eigenvalue weighted by atomic mass is 9.45. The van der Waals surface area contributed by atoms with Crippen LogP contribution in [0.3, 0.4) is 0 Å². The van der Waals surface area contributed by atoms with E-state index in [1.807, 2.05) is 0 Å². The molecule has 9 atom stereocenters. The monoisotopic (exact) mass is 548 g/mol. The van der Waals surface area contributed by atoms with Crippen molar-refractivity contribution in [3.63, 3.8) is 0 Å². The highest BCUT2D eigenvalue weighted by molar-refractivity contribution is 5.98. The summed E-state index contributed by atoms with van der Waals surface area (Å²) in [5.74, 6) is -3.70. The summed E-state index contributed by atoms with van der Waals surface area (Å²) in [6, 6.07) is 7.89. The third-order valence-corrected chi connectivity index (χ3v) is 9.90. The standard InChI is InChI=1S/C29H34F2O8/c1-14-17(33)12-29(36)24(38-25(35)16-9-7-6-8-10-16)22-27(5,23(34)21(31)20(14)26(29,3)4)18(30)11-19-28(22,13-37-19)39-15(2)32/h6-10,18-19,21-24,34,36H,11-13H2,1-5H3/t18-,19-,21+,22+,23+,24+,27-,28+,29-/m1/s1. The number of Topliss-reactive ketones (excluding diaryl/α,β-unsaturated/α-hetero) is 1. The van der Waals surface area contributed by atoms with Crippen molar-refractivity contribution in [2.45, 2.75) is 89.3 Å². The molecule has 1 aromatic rings. The van der Waals surface area contributed by atoms with E-state index >= 15 is 8.78 Å². The van der Waals surface area contributed by atoms with Gasteiger partial charge in [-0.05, 0) is 30.2 Å². The molecule has 1 aromatic carbocycles. The molecule has 4 aliphatic rings. The van der Waals surface area contributed by atoms with Crippen molar-refractivity contribution in [1.29, 1.82) is 0 Å². The minimum atomic E-state index is -2.26. The van der Waals surface area contributed by atoms with Crippen molar-refractivity contribution in [2.75, 3.05) is 6.61 Å². The van der Waals surface area contributed by atoms with Crippen LogP contribution in [0.4, 0.5) is 8.78 Å². The fraction of sp³-hybridized carbons (Fsp3) is 0.621. The number of aliphatic hydroxyl groups is 2. The molecule has 39 heavy (non-hydrogen) atoms. The van der Waals surface area contributed by atoms with Crippen LogP contribution in [0.1, 0.15) is 57.8 Å². The summed E-state index contributed by atoms with van der Waals surface area (Å²) in [6.07, 6.45) is -9.75. The number of allylic oxidation sites excluding steroid dienone is 1. The highest BCUT2D eigenvalue weighted by atomic mass is 19.1. The van der Waals surface area contributed by atoms with Crippen molar-refractivity contribution in [2.24, 2.45) is 16.7 Å². The first-order valence-electron chi connectivity index (χ1n) is 13.1. The Morgan fingerprint density at radius 2 is 1.77 bits per heavy atom. The number of esters is 2. The number of ketones is 1. The van der Waals surface area contributed by atoms with Gasteiger partial charge in [-0.15, -0.1) is 0 Å². The number of benzene rings is 1. The molecule has 10 heteroatoms. The van der Waals surface area contributed by atoms with Crippen molar-refractivity contribution in [1.82, 2.24) is 0 Å². The van der Waals surface area contributed by atoms with Crippen molar-refractivity contribution in [3.05, 3.63) is 47.0 Å². The number of ether oxygens (including phenoxy) is 3. The van der Waals surface area contributed by atoms with Crippen LogP contribution in [0.25, 0.3) is 0 Å². The van der Waals surface area contributed by atoms with E-state index in [0.717, 1.165) is 6.92 Å². The summed E-state index contributed by atoms with van der Waals surface area (Å²) < 4.78 is 50.2. The maximum atomic E-state index is 16.5. The number of halogens is 2. The van der Waals surface area contributed by atoms with E-state index in [2.05, 4.69) is 0 Å². The number of fused-ring (bicyclic) bond motifs is 5. The third kappa shape index (κ3) is 3.60. The molecule has 1 heterocycles. The van der Waals surface area contributed by atoms with Crippen LogP contribution in [0.15, 0.2) is 41.5 Å². The smallest absolute Gasteiger partial charge is 0.338 e. The fourth-order valence-electron chi connectivity index (χ4n) is 7.59. The number of hydrogen-bond acceptors (Lipinski definition) is 8. The molecule has 8 nitrogen and oxygen atoms in total. The molecule has 3 fully saturated rings. The predicted octanol–water partition coefficient (Wildman–Crippen LogP) is 3.04. The molecule has 1 aliphatic heterocycles. The number of aliphatic hydroxyl groups excluding tert-OH is 1. The van der Waals surface area contributed by atoms with Crippen LogP contribution >= 0.6 is 0 Å². The number of alkyl halides is 2. The first kappa shape index (κ1) is 27.9. The Morgan fingerprint density at radius 3 is 2.33 bits per heavy atom. The van der Waals surface area contributed by atoms with Crippen molar-refractivity contribution >= 4 is 17.7 Å². The molecule has 1 saturated heterocycles. The lowest BCUT2D eigenvalue weighted by Crippen LogP contribution is -2.81. The Morgan fingerprint density at radius 1 is 1.13 bits per heavy atom. The second kappa shape index (κ2) is 8.91. The van der Waals surface area contributed by atoms with Crippen LogP contribution in [0, 0.1) is 16.7 Å². The molecular formula is C29H34F2O8. The minimum absolute atomic E-state index is 0.0252. The number of carbonyl (C=O) groups is 3. The zero-order chi connectivity index (χ0) is 28.7. The van der Waals surface area contributed by atoms with E-state index in [4.69, 9.17) is 14.2 Å². The molecule has 0 amide bonds. The minimum Gasteiger partial charge on any atom is -0.455 e. The van der Waals surface area contributed by atoms with Crippen molar-refractivity contribution < 1.29 is 47.6 Å². The maximum Gasteiger partial charge on any atom is 0.338 e. The Balaban J connectivity index is 1.81. The summed E-state index contributed by atoms with van der Waals surface area (Å²) in [5, 5.41) is 24.1. The van der Waals surface area contributed by atoms with Gasteiger partial charge in [0.1, 0.15) is 30.2 Å². The van der Waals surface area contributed by atoms with Gasteiger partial charge in [-0.3, -0.25) is 9.59 Å². The van der Waals surface area contributed by atoms with Gasteiger partial charge in [-0.2, -0.15) is 0 Å². The highest BCUT2D eigenvalue weighted by Crippen LogP contribution is 2.65. The largest absolute Gasteiger partial charge is 0.455 e. The molecule has 212 valence electrons. The highest BCUT2D eigenvalue weighted by Gasteiger charge is 2.78. The molecule has 0 spiro atoms. The summed E-state index contributed by atoms with van der Waals surface area (Å²) in [5.41, 5.74) is -7.52. The Labute approximate surface area is 225 Å². The Bertz CT molecular complexity index is 1250. The molecule has 2 saturated carbocycles. The first-order chi connectivity index (χ1) is 18.1. The quantitative estimate of drug-likeness (QED) is 0.554. The lowest BCUT2D eigenvalue weighted by Gasteiger charge is -2.68. The van der Waals surface area contributed by atoms with E-state index < -0.39 is 82.7 Å². The molecule has 0 aromatic heterocycles. The van der Waals surface area contributed by atoms with Gasteiger partial charge in [-0.25, -0.2) is 13.6 Å². The average molecular weight is 549 g/mol. The molecule has 3 aliphatic carbocycles. The predicted molar refractivity (Wildman–Crippen MR) is 133 cm³/mol. The van der Waals surface area contributed by atoms with Gasteiger partial charge in [0, 0.05) is 30.6 Å². The van der Waals surface area contributed by atoms with Gasteiger partial charge < -0.3 is 24.4 Å². The van der Waals surface area contributed by atoms with E-state index in [0.29, 0.717) is 0 Å². The molecular weight excluding hydrogens is 514 g/mol. The summed E-state index contributed by atoms with van der Waals surface area (Å²) >= 11 is 0. The van der Waals surface area contributed by atoms with Crippen LogP contribution in [0.2, 0.25) is 0 Å². The number of rotatable bonds is 3. The van der Waals surface area contributed by atoms with Crippen LogP contribution in [-0.2, 0) is 23.8 Å². The third-order valence-electron chi connectivity index (χ3n) is 9.90. The van der Waals surface area contributed by atoms with E-state index in [1.165, 1.54) is 39.8 Å². The van der Waals surface area contributed by atoms with Gasteiger partial charge in [0.05, 0.1) is 24.2 Å². The Kier molecular flexibility index (Phi) is 6.36. The summed E-state index contributed by atoms with van der Waals surface area (Å²) in [6.45, 7) is 6.64.